The molecule has 0 aromatic heterocycles. The van der Waals surface area contributed by atoms with E-state index in [-0.39, 0.29) is 10.8 Å². The number of benzene rings is 3. The van der Waals surface area contributed by atoms with E-state index in [9.17, 15) is 13.2 Å². The highest BCUT2D eigenvalue weighted by molar-refractivity contribution is 7.92. The van der Waals surface area contributed by atoms with E-state index in [1.807, 2.05) is 38.1 Å². The summed E-state index contributed by atoms with van der Waals surface area (Å²) in [7, 11) is -3.71. The molecule has 5 nitrogen and oxygen atoms in total. The number of amides is 1. The average molecular weight is 382 g/mol. The first kappa shape index (κ1) is 18.9. The van der Waals surface area contributed by atoms with Crippen molar-refractivity contribution in [2.75, 3.05) is 17.8 Å². The molecular formula is C21H22N2O3S. The Morgan fingerprint density at radius 2 is 1.52 bits per heavy atom. The van der Waals surface area contributed by atoms with E-state index in [2.05, 4.69) is 4.72 Å². The fourth-order valence-electron chi connectivity index (χ4n) is 2.92. The Kier molecular flexibility index (Phi) is 5.46. The van der Waals surface area contributed by atoms with Gasteiger partial charge >= 0.3 is 0 Å². The minimum Gasteiger partial charge on any atom is -0.339 e. The van der Waals surface area contributed by atoms with Gasteiger partial charge in [-0.15, -0.1) is 0 Å². The van der Waals surface area contributed by atoms with Crippen LogP contribution in [-0.2, 0) is 10.0 Å². The van der Waals surface area contributed by atoms with Crippen molar-refractivity contribution in [1.82, 2.24) is 4.90 Å². The van der Waals surface area contributed by atoms with E-state index in [1.54, 1.807) is 47.4 Å². The third kappa shape index (κ3) is 4.11. The topological polar surface area (TPSA) is 66.5 Å². The summed E-state index contributed by atoms with van der Waals surface area (Å²) in [6, 6.07) is 19.1. The zero-order chi connectivity index (χ0) is 19.4. The number of anilines is 1. The van der Waals surface area contributed by atoms with Gasteiger partial charge in [0.1, 0.15) is 0 Å². The maximum absolute atomic E-state index is 12.7. The summed E-state index contributed by atoms with van der Waals surface area (Å²) < 4.78 is 27.9. The highest BCUT2D eigenvalue weighted by Gasteiger charge is 2.16. The second-order valence-corrected chi connectivity index (χ2v) is 7.85. The van der Waals surface area contributed by atoms with Crippen LogP contribution in [0.15, 0.2) is 71.6 Å². The molecule has 3 rings (SSSR count). The Morgan fingerprint density at radius 1 is 0.889 bits per heavy atom. The van der Waals surface area contributed by atoms with Crippen molar-refractivity contribution in [2.24, 2.45) is 0 Å². The molecule has 3 aromatic rings. The normalized spacial score (nSPS) is 11.3. The molecule has 0 aliphatic heterocycles. The van der Waals surface area contributed by atoms with Gasteiger partial charge in [-0.25, -0.2) is 8.42 Å². The number of hydrogen-bond acceptors (Lipinski definition) is 3. The lowest BCUT2D eigenvalue weighted by molar-refractivity contribution is 0.0773. The van der Waals surface area contributed by atoms with Crippen molar-refractivity contribution in [3.63, 3.8) is 0 Å². The highest BCUT2D eigenvalue weighted by Crippen LogP contribution is 2.22. The summed E-state index contributed by atoms with van der Waals surface area (Å²) in [5.74, 6) is -0.0658. The number of nitrogens with zero attached hydrogens (tertiary/aromatic N) is 1. The van der Waals surface area contributed by atoms with Crippen molar-refractivity contribution in [1.29, 1.82) is 0 Å². The molecule has 0 unspecified atom stereocenters. The molecule has 6 heteroatoms. The molecule has 3 aromatic carbocycles. The second-order valence-electron chi connectivity index (χ2n) is 6.17. The first-order valence-electron chi connectivity index (χ1n) is 8.85. The van der Waals surface area contributed by atoms with Gasteiger partial charge in [-0.3, -0.25) is 9.52 Å². The molecule has 0 radical (unpaired) electrons. The third-order valence-corrected chi connectivity index (χ3v) is 5.84. The maximum Gasteiger partial charge on any atom is 0.261 e. The first-order valence-corrected chi connectivity index (χ1v) is 10.3. The summed E-state index contributed by atoms with van der Waals surface area (Å²) in [5.41, 5.74) is 0.951. The number of hydrogen-bond donors (Lipinski definition) is 1. The minimum absolute atomic E-state index is 0.0658. The molecule has 0 heterocycles. The van der Waals surface area contributed by atoms with Crippen LogP contribution in [0.1, 0.15) is 24.2 Å². The standard InChI is InChI=1S/C21H22N2O3S/c1-3-23(4-2)21(24)17-9-12-19(13-10-17)22-27(25,26)20-14-11-16-7-5-6-8-18(16)15-20/h5-15,22H,3-4H2,1-2H3. The van der Waals surface area contributed by atoms with Gasteiger partial charge in [0.25, 0.3) is 15.9 Å². The van der Waals surface area contributed by atoms with Gasteiger partial charge in [-0.2, -0.15) is 0 Å². The van der Waals surface area contributed by atoms with E-state index < -0.39 is 10.0 Å². The van der Waals surface area contributed by atoms with E-state index in [1.165, 1.54) is 0 Å². The zero-order valence-electron chi connectivity index (χ0n) is 15.3. The van der Waals surface area contributed by atoms with E-state index in [0.717, 1.165) is 10.8 Å². The summed E-state index contributed by atoms with van der Waals surface area (Å²) in [6.45, 7) is 5.11. The molecule has 1 amide bonds. The fraction of sp³-hybridized carbons (Fsp3) is 0.190. The Hall–Kier alpha value is -2.86. The number of carbonyl (C=O) groups is 1. The van der Waals surface area contributed by atoms with Crippen molar-refractivity contribution in [3.05, 3.63) is 72.3 Å². The molecule has 0 atom stereocenters. The Labute approximate surface area is 159 Å². The van der Waals surface area contributed by atoms with E-state index in [0.29, 0.717) is 24.3 Å². The molecule has 0 aliphatic carbocycles. The lowest BCUT2D eigenvalue weighted by Crippen LogP contribution is -2.30. The van der Waals surface area contributed by atoms with Crippen LogP contribution >= 0.6 is 0 Å². The summed E-state index contributed by atoms with van der Waals surface area (Å²) in [6.07, 6.45) is 0. The van der Waals surface area contributed by atoms with Crippen LogP contribution in [-0.4, -0.2) is 32.3 Å². The summed E-state index contributed by atoms with van der Waals surface area (Å²) in [5, 5.41) is 1.84. The molecule has 0 fully saturated rings. The number of fused-ring (bicyclic) bond motifs is 1. The van der Waals surface area contributed by atoms with E-state index in [4.69, 9.17) is 0 Å². The van der Waals surface area contributed by atoms with Gasteiger partial charge in [0.15, 0.2) is 0 Å². The van der Waals surface area contributed by atoms with Crippen LogP contribution in [0.25, 0.3) is 10.8 Å². The lowest BCUT2D eigenvalue weighted by atomic mass is 10.1. The van der Waals surface area contributed by atoms with Crippen LogP contribution in [0.2, 0.25) is 0 Å². The lowest BCUT2D eigenvalue weighted by Gasteiger charge is -2.18. The van der Waals surface area contributed by atoms with Gasteiger partial charge in [0.05, 0.1) is 4.90 Å². The predicted octanol–water partition coefficient (Wildman–Crippen LogP) is 4.12. The van der Waals surface area contributed by atoms with Crippen LogP contribution in [0.4, 0.5) is 5.69 Å². The Morgan fingerprint density at radius 3 is 2.15 bits per heavy atom. The Bertz CT molecular complexity index is 1060. The van der Waals surface area contributed by atoms with Gasteiger partial charge in [0.2, 0.25) is 0 Å². The molecule has 0 aliphatic rings. The molecule has 140 valence electrons. The molecule has 0 saturated carbocycles. The smallest absolute Gasteiger partial charge is 0.261 e. The summed E-state index contributed by atoms with van der Waals surface area (Å²) >= 11 is 0. The molecule has 27 heavy (non-hydrogen) atoms. The second kappa shape index (κ2) is 7.80. The van der Waals surface area contributed by atoms with Crippen molar-refractivity contribution in [3.8, 4) is 0 Å². The van der Waals surface area contributed by atoms with Gasteiger partial charge < -0.3 is 4.90 Å². The number of sulfonamides is 1. The highest BCUT2D eigenvalue weighted by atomic mass is 32.2. The molecule has 1 N–H and O–H groups in total. The van der Waals surface area contributed by atoms with Gasteiger partial charge in [-0.05, 0) is 61.0 Å². The maximum atomic E-state index is 12.7. The van der Waals surface area contributed by atoms with Gasteiger partial charge in [-0.1, -0.05) is 30.3 Å². The third-order valence-electron chi connectivity index (χ3n) is 4.47. The fourth-order valence-corrected chi connectivity index (χ4v) is 4.02. The van der Waals surface area contributed by atoms with Gasteiger partial charge in [0, 0.05) is 24.3 Å². The average Bonchev–Trinajstić information content (AvgIpc) is 2.68. The minimum atomic E-state index is -3.71. The largest absolute Gasteiger partial charge is 0.339 e. The first-order chi connectivity index (χ1) is 12.9. The van der Waals surface area contributed by atoms with Crippen LogP contribution in [0.5, 0.6) is 0 Å². The number of nitrogens with one attached hydrogen (secondary N) is 1. The van der Waals surface area contributed by atoms with Crippen LogP contribution in [0, 0.1) is 0 Å². The van der Waals surface area contributed by atoms with Crippen LogP contribution < -0.4 is 4.72 Å². The SMILES string of the molecule is CCN(CC)C(=O)c1ccc(NS(=O)(=O)c2ccc3ccccc3c2)cc1. The molecule has 0 bridgehead atoms. The molecule has 0 spiro atoms. The van der Waals surface area contributed by atoms with E-state index >= 15 is 0 Å². The summed E-state index contributed by atoms with van der Waals surface area (Å²) in [4.78, 5) is 14.3. The monoisotopic (exact) mass is 382 g/mol. The quantitative estimate of drug-likeness (QED) is 0.697. The van der Waals surface area contributed by atoms with Crippen LogP contribution in [0.3, 0.4) is 0 Å². The zero-order valence-corrected chi connectivity index (χ0v) is 16.2. The number of carbonyl (C=O) groups excluding carboxylic acids is 1. The predicted molar refractivity (Wildman–Crippen MR) is 108 cm³/mol. The molecular weight excluding hydrogens is 360 g/mol. The van der Waals surface area contributed by atoms with Crippen molar-refractivity contribution < 1.29 is 13.2 Å². The van der Waals surface area contributed by atoms with Crippen molar-refractivity contribution >= 4 is 32.4 Å². The molecule has 0 saturated heterocycles. The Balaban J connectivity index is 1.82. The van der Waals surface area contributed by atoms with Crippen molar-refractivity contribution in [2.45, 2.75) is 18.7 Å². The number of rotatable bonds is 6.